The Balaban J connectivity index is 1.64. The van der Waals surface area contributed by atoms with E-state index in [4.69, 9.17) is 14.2 Å². The Hall–Kier alpha value is -2.60. The summed E-state index contributed by atoms with van der Waals surface area (Å²) >= 11 is 0. The summed E-state index contributed by atoms with van der Waals surface area (Å²) in [5.74, 6) is 0.755. The van der Waals surface area contributed by atoms with Gasteiger partial charge in [-0.15, -0.1) is 0 Å². The molecule has 1 aliphatic rings. The van der Waals surface area contributed by atoms with Gasteiger partial charge in [0.1, 0.15) is 17.9 Å². The maximum Gasteiger partial charge on any atom is 0.261 e. The van der Waals surface area contributed by atoms with E-state index in [1.165, 1.54) is 0 Å². The third kappa shape index (κ3) is 4.70. The van der Waals surface area contributed by atoms with Crippen LogP contribution in [-0.4, -0.2) is 36.8 Å². The topological polar surface area (TPSA) is 69.7 Å². The van der Waals surface area contributed by atoms with E-state index in [0.29, 0.717) is 36.1 Å². The van der Waals surface area contributed by atoms with Gasteiger partial charge in [0, 0.05) is 24.6 Å². The van der Waals surface area contributed by atoms with Gasteiger partial charge in [0.05, 0.1) is 12.7 Å². The first-order valence-electron chi connectivity index (χ1n) is 8.50. The number of nitrogens with one attached hydrogen (secondary N) is 1. The normalized spacial score (nSPS) is 16.4. The molecule has 1 aliphatic heterocycles. The molecular weight excluding hydrogens is 320 g/mol. The van der Waals surface area contributed by atoms with Crippen molar-refractivity contribution in [2.45, 2.75) is 25.9 Å². The number of amides is 1. The summed E-state index contributed by atoms with van der Waals surface area (Å²) < 4.78 is 16.7. The summed E-state index contributed by atoms with van der Waals surface area (Å²) in [5, 5.41) is 2.86. The zero-order valence-corrected chi connectivity index (χ0v) is 14.2. The van der Waals surface area contributed by atoms with Crippen LogP contribution in [0.1, 0.15) is 30.1 Å². The van der Waals surface area contributed by atoms with Gasteiger partial charge in [0.15, 0.2) is 0 Å². The molecule has 132 valence electrons. The number of rotatable bonds is 7. The van der Waals surface area contributed by atoms with E-state index in [-0.39, 0.29) is 12.0 Å². The number of pyridine rings is 1. The fourth-order valence-electron chi connectivity index (χ4n) is 2.64. The molecule has 2 aromatic rings. The second kappa shape index (κ2) is 8.48. The molecule has 1 N–H and O–H groups in total. The second-order valence-corrected chi connectivity index (χ2v) is 5.72. The number of hydrogen-bond acceptors (Lipinski definition) is 5. The molecule has 1 fully saturated rings. The molecule has 6 nitrogen and oxygen atoms in total. The third-order valence-corrected chi connectivity index (χ3v) is 3.85. The minimum atomic E-state index is -0.271. The summed E-state index contributed by atoms with van der Waals surface area (Å²) in [5.41, 5.74) is 1.05. The van der Waals surface area contributed by atoms with Gasteiger partial charge in [-0.2, -0.15) is 0 Å². The minimum absolute atomic E-state index is 0.155. The van der Waals surface area contributed by atoms with Crippen LogP contribution in [0.2, 0.25) is 0 Å². The van der Waals surface area contributed by atoms with E-state index in [1.807, 2.05) is 25.1 Å². The highest BCUT2D eigenvalue weighted by Gasteiger charge is 2.16. The van der Waals surface area contributed by atoms with E-state index >= 15 is 0 Å². The van der Waals surface area contributed by atoms with Gasteiger partial charge in [-0.3, -0.25) is 4.79 Å². The summed E-state index contributed by atoms with van der Waals surface area (Å²) in [4.78, 5) is 16.6. The van der Waals surface area contributed by atoms with Crippen molar-refractivity contribution >= 4 is 11.6 Å². The zero-order chi connectivity index (χ0) is 17.5. The fraction of sp³-hybridized carbons (Fsp3) is 0.368. The first-order valence-corrected chi connectivity index (χ1v) is 8.50. The van der Waals surface area contributed by atoms with Crippen LogP contribution < -0.4 is 14.8 Å². The quantitative estimate of drug-likeness (QED) is 0.836. The molecule has 1 saturated heterocycles. The number of ether oxygens (including phenoxy) is 3. The van der Waals surface area contributed by atoms with Crippen molar-refractivity contribution in [2.24, 2.45) is 0 Å². The summed E-state index contributed by atoms with van der Waals surface area (Å²) in [6.45, 7) is 3.63. The zero-order valence-electron chi connectivity index (χ0n) is 14.2. The lowest BCUT2D eigenvalue weighted by molar-refractivity contribution is 0.0680. The summed E-state index contributed by atoms with van der Waals surface area (Å²) in [7, 11) is 0. The average molecular weight is 342 g/mol. The Morgan fingerprint density at radius 2 is 2.24 bits per heavy atom. The number of aromatic nitrogens is 1. The first kappa shape index (κ1) is 17.2. The monoisotopic (exact) mass is 342 g/mol. The minimum Gasteiger partial charge on any atom is -0.491 e. The molecule has 0 saturated carbocycles. The van der Waals surface area contributed by atoms with Gasteiger partial charge in [-0.25, -0.2) is 4.98 Å². The largest absolute Gasteiger partial charge is 0.491 e. The molecule has 1 unspecified atom stereocenters. The van der Waals surface area contributed by atoms with E-state index in [0.717, 1.165) is 19.4 Å². The van der Waals surface area contributed by atoms with Gasteiger partial charge in [0.25, 0.3) is 5.91 Å². The Labute approximate surface area is 147 Å². The molecule has 0 bridgehead atoms. The van der Waals surface area contributed by atoms with Gasteiger partial charge in [-0.1, -0.05) is 6.07 Å². The molecule has 1 aromatic heterocycles. The van der Waals surface area contributed by atoms with Crippen molar-refractivity contribution in [3.05, 3.63) is 48.2 Å². The molecule has 3 rings (SSSR count). The van der Waals surface area contributed by atoms with Crippen LogP contribution >= 0.6 is 0 Å². The fourth-order valence-corrected chi connectivity index (χ4v) is 2.64. The third-order valence-electron chi connectivity index (χ3n) is 3.85. The van der Waals surface area contributed by atoms with Crippen molar-refractivity contribution in [1.29, 1.82) is 0 Å². The Morgan fingerprint density at radius 1 is 1.32 bits per heavy atom. The van der Waals surface area contributed by atoms with E-state index < -0.39 is 0 Å². The van der Waals surface area contributed by atoms with Gasteiger partial charge in [0.2, 0.25) is 5.88 Å². The Bertz CT molecular complexity index is 714. The number of carbonyl (C=O) groups excluding carboxylic acids is 1. The number of carbonyl (C=O) groups is 1. The molecule has 0 radical (unpaired) electrons. The van der Waals surface area contributed by atoms with Crippen LogP contribution in [0.4, 0.5) is 5.69 Å². The number of nitrogens with zero attached hydrogens (tertiary/aromatic N) is 1. The number of benzene rings is 1. The lowest BCUT2D eigenvalue weighted by Gasteiger charge is -2.13. The van der Waals surface area contributed by atoms with Crippen LogP contribution in [0.3, 0.4) is 0 Å². The highest BCUT2D eigenvalue weighted by molar-refractivity contribution is 6.05. The lowest BCUT2D eigenvalue weighted by Crippen LogP contribution is -2.17. The maximum atomic E-state index is 12.5. The number of hydrogen-bond donors (Lipinski definition) is 1. The average Bonchev–Trinajstić information content (AvgIpc) is 3.15. The predicted octanol–water partition coefficient (Wildman–Crippen LogP) is 3.29. The standard InChI is InChI=1S/C19H22N2O4/c1-2-23-19-17(9-4-10-20-19)18(22)21-14-6-3-7-15(12-14)25-13-16-8-5-11-24-16/h3-4,6-7,9-10,12,16H,2,5,8,11,13H2,1H3,(H,21,22). The molecule has 6 heteroatoms. The summed E-state index contributed by atoms with van der Waals surface area (Å²) in [6, 6.07) is 10.7. The molecule has 0 aliphatic carbocycles. The van der Waals surface area contributed by atoms with Crippen molar-refractivity contribution in [2.75, 3.05) is 25.1 Å². The molecular formula is C19H22N2O4. The molecule has 0 spiro atoms. The van der Waals surface area contributed by atoms with Gasteiger partial charge >= 0.3 is 0 Å². The Morgan fingerprint density at radius 3 is 3.04 bits per heavy atom. The SMILES string of the molecule is CCOc1ncccc1C(=O)Nc1cccc(OCC2CCCO2)c1. The van der Waals surface area contributed by atoms with Crippen LogP contribution in [0, 0.1) is 0 Å². The van der Waals surface area contributed by atoms with E-state index in [1.54, 1.807) is 24.4 Å². The van der Waals surface area contributed by atoms with Gasteiger partial charge in [-0.05, 0) is 44.0 Å². The molecule has 1 atom stereocenters. The van der Waals surface area contributed by atoms with Gasteiger partial charge < -0.3 is 19.5 Å². The molecule has 1 amide bonds. The van der Waals surface area contributed by atoms with Crippen LogP contribution in [0.25, 0.3) is 0 Å². The van der Waals surface area contributed by atoms with Crippen LogP contribution in [0.15, 0.2) is 42.6 Å². The van der Waals surface area contributed by atoms with Crippen molar-refractivity contribution in [3.63, 3.8) is 0 Å². The predicted molar refractivity (Wildman–Crippen MR) is 94.3 cm³/mol. The van der Waals surface area contributed by atoms with Crippen LogP contribution in [0.5, 0.6) is 11.6 Å². The van der Waals surface area contributed by atoms with Crippen molar-refractivity contribution in [1.82, 2.24) is 4.98 Å². The number of anilines is 1. The smallest absolute Gasteiger partial charge is 0.261 e. The molecule has 2 heterocycles. The Kier molecular flexibility index (Phi) is 5.85. The van der Waals surface area contributed by atoms with Crippen LogP contribution in [-0.2, 0) is 4.74 Å². The molecule has 25 heavy (non-hydrogen) atoms. The maximum absolute atomic E-state index is 12.5. The first-order chi connectivity index (χ1) is 12.3. The lowest BCUT2D eigenvalue weighted by atomic mass is 10.2. The molecule has 1 aromatic carbocycles. The van der Waals surface area contributed by atoms with Crippen molar-refractivity contribution < 1.29 is 19.0 Å². The van der Waals surface area contributed by atoms with E-state index in [9.17, 15) is 4.79 Å². The van der Waals surface area contributed by atoms with Crippen molar-refractivity contribution in [3.8, 4) is 11.6 Å². The van der Waals surface area contributed by atoms with E-state index in [2.05, 4.69) is 10.3 Å². The second-order valence-electron chi connectivity index (χ2n) is 5.72. The highest BCUT2D eigenvalue weighted by Crippen LogP contribution is 2.21. The highest BCUT2D eigenvalue weighted by atomic mass is 16.5. The summed E-state index contributed by atoms with van der Waals surface area (Å²) in [6.07, 6.45) is 3.86.